The second kappa shape index (κ2) is 7.40. The number of amides is 1. The Hall–Kier alpha value is -1.17. The Bertz CT molecular complexity index is 658. The molecule has 1 aromatic heterocycles. The van der Waals surface area contributed by atoms with Gasteiger partial charge in [-0.2, -0.15) is 0 Å². The summed E-state index contributed by atoms with van der Waals surface area (Å²) in [6.07, 6.45) is 0. The van der Waals surface area contributed by atoms with E-state index in [1.807, 2.05) is 27.0 Å². The number of carbonyl (C=O) groups excluding carboxylic acids is 1. The first kappa shape index (κ1) is 17.2. The van der Waals surface area contributed by atoms with Crippen molar-refractivity contribution in [2.24, 2.45) is 0 Å². The Labute approximate surface area is 144 Å². The zero-order chi connectivity index (χ0) is 16.3. The molecule has 1 amide bonds. The highest BCUT2D eigenvalue weighted by Crippen LogP contribution is 2.22. The Morgan fingerprint density at radius 3 is 2.41 bits per heavy atom. The molecule has 22 heavy (non-hydrogen) atoms. The minimum atomic E-state index is 0.0585. The van der Waals surface area contributed by atoms with Gasteiger partial charge in [0.2, 0.25) is 0 Å². The van der Waals surface area contributed by atoms with Crippen LogP contribution in [0.2, 0.25) is 0 Å². The zero-order valence-electron chi connectivity index (χ0n) is 13.4. The fourth-order valence-electron chi connectivity index (χ4n) is 2.64. The number of benzene rings is 1. The van der Waals surface area contributed by atoms with Crippen molar-refractivity contribution in [2.75, 3.05) is 18.9 Å². The molecule has 2 N–H and O–H groups in total. The van der Waals surface area contributed by atoms with Gasteiger partial charge in [0, 0.05) is 5.69 Å². The van der Waals surface area contributed by atoms with Crippen LogP contribution >= 0.6 is 27.3 Å². The summed E-state index contributed by atoms with van der Waals surface area (Å²) < 4.78 is 1.13. The molecule has 0 fully saturated rings. The molecule has 1 aromatic carbocycles. The van der Waals surface area contributed by atoms with Gasteiger partial charge in [-0.05, 0) is 60.0 Å². The van der Waals surface area contributed by atoms with Crippen molar-refractivity contribution >= 4 is 38.9 Å². The van der Waals surface area contributed by atoms with Crippen molar-refractivity contribution in [3.05, 3.63) is 49.6 Å². The number of halogens is 1. The van der Waals surface area contributed by atoms with Gasteiger partial charge in [0.25, 0.3) is 5.91 Å². The summed E-state index contributed by atoms with van der Waals surface area (Å²) in [5, 5.41) is 3.06. The normalized spacial score (nSPS) is 12.2. The highest BCUT2D eigenvalue weighted by molar-refractivity contribution is 9.11. The molecule has 3 nitrogen and oxygen atoms in total. The van der Waals surface area contributed by atoms with E-state index in [-0.39, 0.29) is 5.91 Å². The minimum Gasteiger partial charge on any atom is -0.325 e. The number of rotatable bonds is 5. The van der Waals surface area contributed by atoms with Crippen molar-refractivity contribution in [2.45, 2.75) is 27.3 Å². The summed E-state index contributed by atoms with van der Waals surface area (Å²) in [5.74, 6) is 0.0585. The third kappa shape index (κ3) is 4.66. The summed E-state index contributed by atoms with van der Waals surface area (Å²) in [6.45, 7) is 7.46. The van der Waals surface area contributed by atoms with E-state index >= 15 is 0 Å². The number of nitrogens with one attached hydrogen (secondary N) is 2. The monoisotopic (exact) mass is 381 g/mol. The van der Waals surface area contributed by atoms with Crippen molar-refractivity contribution in [3.8, 4) is 0 Å². The van der Waals surface area contributed by atoms with E-state index in [9.17, 15) is 4.79 Å². The van der Waals surface area contributed by atoms with Crippen LogP contribution in [0.3, 0.4) is 0 Å². The molecule has 1 heterocycles. The number of hydrogen-bond acceptors (Lipinski definition) is 2. The van der Waals surface area contributed by atoms with Crippen molar-refractivity contribution in [1.82, 2.24) is 0 Å². The van der Waals surface area contributed by atoms with Gasteiger partial charge in [-0.25, -0.2) is 0 Å². The molecule has 1 unspecified atom stereocenters. The molecule has 0 aliphatic carbocycles. The number of quaternary nitrogens is 1. The maximum absolute atomic E-state index is 12.3. The Balaban J connectivity index is 1.95. The van der Waals surface area contributed by atoms with Crippen LogP contribution in [-0.4, -0.2) is 19.5 Å². The fraction of sp³-hybridized carbons (Fsp3) is 0.353. The van der Waals surface area contributed by atoms with Crippen LogP contribution in [0.4, 0.5) is 5.69 Å². The molecule has 118 valence electrons. The molecule has 0 radical (unpaired) electrons. The predicted molar refractivity (Wildman–Crippen MR) is 96.8 cm³/mol. The standard InChI is InChI=1S/C17H21BrN2OS/c1-11-7-12(2)17(13(3)8-11)19-16(21)10-20(4)9-14-5-6-15(18)22-14/h5-8H,9-10H2,1-4H3,(H,19,21)/p+1. The lowest BCUT2D eigenvalue weighted by molar-refractivity contribution is -0.884. The third-order valence-electron chi connectivity index (χ3n) is 3.51. The van der Waals surface area contributed by atoms with Crippen LogP contribution in [-0.2, 0) is 11.3 Å². The van der Waals surface area contributed by atoms with Gasteiger partial charge < -0.3 is 10.2 Å². The van der Waals surface area contributed by atoms with Gasteiger partial charge in [0.05, 0.1) is 15.7 Å². The van der Waals surface area contributed by atoms with Crippen molar-refractivity contribution < 1.29 is 9.69 Å². The first-order valence-corrected chi connectivity index (χ1v) is 8.89. The van der Waals surface area contributed by atoms with E-state index < -0.39 is 0 Å². The van der Waals surface area contributed by atoms with E-state index in [0.29, 0.717) is 6.54 Å². The van der Waals surface area contributed by atoms with Gasteiger partial charge in [-0.1, -0.05) is 17.7 Å². The lowest BCUT2D eigenvalue weighted by Gasteiger charge is -2.15. The Morgan fingerprint density at radius 1 is 1.23 bits per heavy atom. The van der Waals surface area contributed by atoms with Crippen LogP contribution in [0.25, 0.3) is 0 Å². The molecule has 5 heteroatoms. The van der Waals surface area contributed by atoms with E-state index in [2.05, 4.69) is 46.4 Å². The molecule has 2 aromatic rings. The zero-order valence-corrected chi connectivity index (χ0v) is 15.8. The Morgan fingerprint density at radius 2 is 1.86 bits per heavy atom. The van der Waals surface area contributed by atoms with Crippen LogP contribution in [0.5, 0.6) is 0 Å². The van der Waals surface area contributed by atoms with Gasteiger partial charge in [-0.15, -0.1) is 11.3 Å². The highest BCUT2D eigenvalue weighted by Gasteiger charge is 2.14. The molecule has 2 rings (SSSR count). The smallest absolute Gasteiger partial charge is 0.279 e. The number of aryl methyl sites for hydroxylation is 3. The SMILES string of the molecule is Cc1cc(C)c(NC(=O)C[NH+](C)Cc2ccc(Br)s2)c(C)c1. The lowest BCUT2D eigenvalue weighted by Crippen LogP contribution is -3.08. The topological polar surface area (TPSA) is 33.5 Å². The number of hydrogen-bond donors (Lipinski definition) is 2. The minimum absolute atomic E-state index is 0.0585. The number of carbonyl (C=O) groups is 1. The maximum atomic E-state index is 12.3. The van der Waals surface area contributed by atoms with E-state index in [0.717, 1.165) is 27.1 Å². The van der Waals surface area contributed by atoms with Gasteiger partial charge >= 0.3 is 0 Å². The molecular weight excluding hydrogens is 360 g/mol. The number of likely N-dealkylation sites (N-methyl/N-ethyl adjacent to an activating group) is 1. The van der Waals surface area contributed by atoms with E-state index in [4.69, 9.17) is 0 Å². The first-order valence-electron chi connectivity index (χ1n) is 7.28. The van der Waals surface area contributed by atoms with Crippen LogP contribution in [0.15, 0.2) is 28.1 Å². The van der Waals surface area contributed by atoms with Crippen LogP contribution in [0, 0.1) is 20.8 Å². The average Bonchev–Trinajstić information content (AvgIpc) is 2.79. The largest absolute Gasteiger partial charge is 0.325 e. The van der Waals surface area contributed by atoms with E-state index in [1.165, 1.54) is 15.3 Å². The lowest BCUT2D eigenvalue weighted by atomic mass is 10.1. The van der Waals surface area contributed by atoms with Gasteiger partial charge in [0.15, 0.2) is 6.54 Å². The second-order valence-corrected chi connectivity index (χ2v) is 8.39. The quantitative estimate of drug-likeness (QED) is 0.819. The average molecular weight is 382 g/mol. The highest BCUT2D eigenvalue weighted by atomic mass is 79.9. The molecule has 0 saturated heterocycles. The first-order chi connectivity index (χ1) is 10.3. The number of anilines is 1. The Kier molecular flexibility index (Phi) is 5.78. The molecular formula is C17H22BrN2OS+. The molecule has 1 atom stereocenters. The maximum Gasteiger partial charge on any atom is 0.279 e. The summed E-state index contributed by atoms with van der Waals surface area (Å²) in [7, 11) is 2.04. The van der Waals surface area contributed by atoms with Crippen LogP contribution < -0.4 is 10.2 Å². The fourth-order valence-corrected chi connectivity index (χ4v) is 4.24. The predicted octanol–water partition coefficient (Wildman–Crippen LogP) is 3.09. The van der Waals surface area contributed by atoms with Crippen LogP contribution in [0.1, 0.15) is 21.6 Å². The summed E-state index contributed by atoms with van der Waals surface area (Å²) >= 11 is 5.19. The van der Waals surface area contributed by atoms with Crippen molar-refractivity contribution in [1.29, 1.82) is 0 Å². The summed E-state index contributed by atoms with van der Waals surface area (Å²) in [6, 6.07) is 8.35. The van der Waals surface area contributed by atoms with Crippen molar-refractivity contribution in [3.63, 3.8) is 0 Å². The molecule has 0 spiro atoms. The molecule has 0 saturated carbocycles. The summed E-state index contributed by atoms with van der Waals surface area (Å²) in [4.78, 5) is 14.7. The van der Waals surface area contributed by atoms with E-state index in [1.54, 1.807) is 11.3 Å². The molecule has 0 aliphatic rings. The second-order valence-electron chi connectivity index (χ2n) is 5.84. The van der Waals surface area contributed by atoms with Gasteiger partial charge in [0.1, 0.15) is 6.54 Å². The summed E-state index contributed by atoms with van der Waals surface area (Å²) in [5.41, 5.74) is 4.40. The molecule has 0 aliphatic heterocycles. The third-order valence-corrected chi connectivity index (χ3v) is 5.13. The molecule has 0 bridgehead atoms. The number of thiophene rings is 1. The van der Waals surface area contributed by atoms with Gasteiger partial charge in [-0.3, -0.25) is 4.79 Å².